The fraction of sp³-hybridized carbons (Fsp3) is 0.154. The summed E-state index contributed by atoms with van der Waals surface area (Å²) < 4.78 is 38.9. The molecule has 0 radical (unpaired) electrons. The number of benzene rings is 1. The van der Waals surface area contributed by atoms with Crippen molar-refractivity contribution >= 4 is 23.2 Å². The molecule has 1 N–H and O–H groups in total. The van der Waals surface area contributed by atoms with Gasteiger partial charge in [0, 0.05) is 17.3 Å². The zero-order valence-corrected chi connectivity index (χ0v) is 11.4. The fourth-order valence-corrected chi connectivity index (χ4v) is 2.34. The number of aliphatic hydroxyl groups excluding tert-OH is 1. The minimum Gasteiger partial charge on any atom is -0.392 e. The number of halogens is 5. The Hall–Kier alpha value is -1.30. The van der Waals surface area contributed by atoms with Gasteiger partial charge in [0.25, 0.3) is 0 Å². The molecule has 0 unspecified atom stereocenters. The van der Waals surface area contributed by atoms with Crippen LogP contribution in [0.15, 0.2) is 30.5 Å². The third-order valence-corrected chi connectivity index (χ3v) is 3.45. The van der Waals surface area contributed by atoms with Crippen LogP contribution in [0.25, 0.3) is 11.3 Å². The number of hydrogen-bond donors (Lipinski definition) is 1. The number of nitrogens with zero attached hydrogens (tertiary/aromatic N) is 1. The second-order valence-corrected chi connectivity index (χ2v) is 4.73. The molecular weight excluding hydrogens is 314 g/mol. The SMILES string of the molecule is OCc1c(Cl)cnc(-c2ccccc2C(F)(F)F)c1Cl. The van der Waals surface area contributed by atoms with E-state index in [9.17, 15) is 18.3 Å². The molecule has 0 bridgehead atoms. The number of alkyl halides is 3. The van der Waals surface area contributed by atoms with Crippen LogP contribution in [0.1, 0.15) is 11.1 Å². The first-order valence-electron chi connectivity index (χ1n) is 5.46. The predicted octanol–water partition coefficient (Wildman–Crippen LogP) is 4.57. The lowest BCUT2D eigenvalue weighted by Crippen LogP contribution is -2.08. The summed E-state index contributed by atoms with van der Waals surface area (Å²) in [7, 11) is 0. The second kappa shape index (κ2) is 5.60. The highest BCUT2D eigenvalue weighted by molar-refractivity contribution is 6.37. The van der Waals surface area contributed by atoms with E-state index in [1.54, 1.807) is 0 Å². The van der Waals surface area contributed by atoms with E-state index in [-0.39, 0.29) is 26.9 Å². The van der Waals surface area contributed by atoms with Crippen LogP contribution in [0, 0.1) is 0 Å². The summed E-state index contributed by atoms with van der Waals surface area (Å²) in [5.74, 6) is 0. The molecule has 2 nitrogen and oxygen atoms in total. The molecule has 0 aliphatic heterocycles. The Bertz CT molecular complexity index is 644. The second-order valence-electron chi connectivity index (χ2n) is 3.95. The van der Waals surface area contributed by atoms with E-state index >= 15 is 0 Å². The quantitative estimate of drug-likeness (QED) is 0.879. The molecule has 1 aromatic heterocycles. The van der Waals surface area contributed by atoms with Crippen molar-refractivity contribution in [1.82, 2.24) is 4.98 Å². The van der Waals surface area contributed by atoms with Crippen molar-refractivity contribution in [3.63, 3.8) is 0 Å². The van der Waals surface area contributed by atoms with Gasteiger partial charge in [-0.15, -0.1) is 0 Å². The van der Waals surface area contributed by atoms with Crippen molar-refractivity contribution in [1.29, 1.82) is 0 Å². The lowest BCUT2D eigenvalue weighted by molar-refractivity contribution is -0.137. The van der Waals surface area contributed by atoms with Gasteiger partial charge in [-0.2, -0.15) is 13.2 Å². The van der Waals surface area contributed by atoms with E-state index in [4.69, 9.17) is 23.2 Å². The molecule has 0 spiro atoms. The van der Waals surface area contributed by atoms with Crippen LogP contribution in [-0.2, 0) is 12.8 Å². The Labute approximate surface area is 122 Å². The van der Waals surface area contributed by atoms with Crippen molar-refractivity contribution in [3.05, 3.63) is 51.6 Å². The van der Waals surface area contributed by atoms with Gasteiger partial charge in [-0.3, -0.25) is 4.98 Å². The van der Waals surface area contributed by atoms with Crippen LogP contribution in [-0.4, -0.2) is 10.1 Å². The molecule has 7 heteroatoms. The van der Waals surface area contributed by atoms with Gasteiger partial charge in [0.05, 0.1) is 27.9 Å². The zero-order chi connectivity index (χ0) is 14.9. The summed E-state index contributed by atoms with van der Waals surface area (Å²) in [6.45, 7) is -0.485. The molecule has 20 heavy (non-hydrogen) atoms. The molecule has 2 aromatic rings. The predicted molar refractivity (Wildman–Crippen MR) is 70.6 cm³/mol. The van der Waals surface area contributed by atoms with Crippen LogP contribution < -0.4 is 0 Å². The summed E-state index contributed by atoms with van der Waals surface area (Å²) in [6.07, 6.45) is -3.36. The molecule has 106 valence electrons. The number of rotatable bonds is 2. The smallest absolute Gasteiger partial charge is 0.392 e. The Balaban J connectivity index is 2.70. The van der Waals surface area contributed by atoms with Gasteiger partial charge in [-0.1, -0.05) is 41.4 Å². The lowest BCUT2D eigenvalue weighted by Gasteiger charge is -2.14. The van der Waals surface area contributed by atoms with Crippen LogP contribution in [0.2, 0.25) is 10.0 Å². The maximum atomic E-state index is 13.0. The van der Waals surface area contributed by atoms with Crippen LogP contribution in [0.3, 0.4) is 0 Å². The average molecular weight is 322 g/mol. The van der Waals surface area contributed by atoms with E-state index in [2.05, 4.69) is 4.98 Å². The third-order valence-electron chi connectivity index (χ3n) is 2.71. The van der Waals surface area contributed by atoms with E-state index in [1.807, 2.05) is 0 Å². The van der Waals surface area contributed by atoms with Gasteiger partial charge in [0.2, 0.25) is 0 Å². The van der Waals surface area contributed by atoms with Crippen molar-refractivity contribution in [3.8, 4) is 11.3 Å². The summed E-state index contributed by atoms with van der Waals surface area (Å²) in [6, 6.07) is 4.95. The molecule has 0 aliphatic rings. The first kappa shape index (κ1) is 15.1. The third kappa shape index (κ3) is 2.75. The molecule has 2 rings (SSSR count). The van der Waals surface area contributed by atoms with Gasteiger partial charge in [-0.25, -0.2) is 0 Å². The van der Waals surface area contributed by atoms with Crippen molar-refractivity contribution in [2.75, 3.05) is 0 Å². The first-order valence-corrected chi connectivity index (χ1v) is 6.22. The summed E-state index contributed by atoms with van der Waals surface area (Å²) in [5, 5.41) is 9.20. The van der Waals surface area contributed by atoms with Crippen LogP contribution in [0.5, 0.6) is 0 Å². The fourth-order valence-electron chi connectivity index (χ4n) is 1.77. The molecule has 0 fully saturated rings. The largest absolute Gasteiger partial charge is 0.417 e. The molecule has 1 heterocycles. The maximum Gasteiger partial charge on any atom is 0.417 e. The van der Waals surface area contributed by atoms with E-state index in [0.717, 1.165) is 6.07 Å². The van der Waals surface area contributed by atoms with Crippen molar-refractivity contribution in [2.24, 2.45) is 0 Å². The highest BCUT2D eigenvalue weighted by Crippen LogP contribution is 2.40. The summed E-state index contributed by atoms with van der Waals surface area (Å²) in [5.41, 5.74) is -0.916. The highest BCUT2D eigenvalue weighted by atomic mass is 35.5. The van der Waals surface area contributed by atoms with Gasteiger partial charge < -0.3 is 5.11 Å². The number of aromatic nitrogens is 1. The van der Waals surface area contributed by atoms with Gasteiger partial charge in [-0.05, 0) is 6.07 Å². The first-order chi connectivity index (χ1) is 9.36. The summed E-state index contributed by atoms with van der Waals surface area (Å²) in [4.78, 5) is 3.86. The van der Waals surface area contributed by atoms with Gasteiger partial charge in [0.15, 0.2) is 0 Å². The van der Waals surface area contributed by atoms with Crippen LogP contribution >= 0.6 is 23.2 Å². The molecule has 0 saturated carbocycles. The highest BCUT2D eigenvalue weighted by Gasteiger charge is 2.34. The minimum absolute atomic E-state index is 0.0620. The van der Waals surface area contributed by atoms with Crippen LogP contribution in [0.4, 0.5) is 13.2 Å². The monoisotopic (exact) mass is 321 g/mol. The molecule has 0 atom stereocenters. The van der Waals surface area contributed by atoms with Crippen molar-refractivity contribution in [2.45, 2.75) is 12.8 Å². The van der Waals surface area contributed by atoms with E-state index in [1.165, 1.54) is 24.4 Å². The standard InChI is InChI=1S/C13H8Cl2F3NO/c14-10-5-19-12(11(15)8(10)6-20)7-3-1-2-4-9(7)13(16,17)18/h1-5,20H,6H2. The Morgan fingerprint density at radius 2 is 1.80 bits per heavy atom. The van der Waals surface area contributed by atoms with Gasteiger partial charge >= 0.3 is 6.18 Å². The maximum absolute atomic E-state index is 13.0. The normalized spacial score (nSPS) is 11.7. The van der Waals surface area contributed by atoms with E-state index in [0.29, 0.717) is 0 Å². The molecule has 1 aromatic carbocycles. The van der Waals surface area contributed by atoms with Gasteiger partial charge in [0.1, 0.15) is 0 Å². The lowest BCUT2D eigenvalue weighted by atomic mass is 10.0. The molecule has 0 amide bonds. The molecule has 0 saturated heterocycles. The Kier molecular flexibility index (Phi) is 4.22. The number of hydrogen-bond acceptors (Lipinski definition) is 2. The number of aliphatic hydroxyl groups is 1. The summed E-state index contributed by atoms with van der Waals surface area (Å²) >= 11 is 11.8. The zero-order valence-electron chi connectivity index (χ0n) is 9.88. The molecule has 0 aliphatic carbocycles. The Morgan fingerprint density at radius 1 is 1.15 bits per heavy atom. The average Bonchev–Trinajstić information content (AvgIpc) is 2.38. The van der Waals surface area contributed by atoms with E-state index < -0.39 is 18.3 Å². The number of pyridine rings is 1. The topological polar surface area (TPSA) is 33.1 Å². The molecular formula is C13H8Cl2F3NO. The van der Waals surface area contributed by atoms with Crippen molar-refractivity contribution < 1.29 is 18.3 Å². The Morgan fingerprint density at radius 3 is 2.40 bits per heavy atom. The minimum atomic E-state index is -4.53.